The number of rotatable bonds is 5. The molecule has 0 saturated carbocycles. The number of carbonyl (C=O) groups excluding carboxylic acids is 1. The summed E-state index contributed by atoms with van der Waals surface area (Å²) in [4.78, 5) is 11.5. The fourth-order valence-corrected chi connectivity index (χ4v) is 2.43. The summed E-state index contributed by atoms with van der Waals surface area (Å²) >= 11 is 11.5. The van der Waals surface area contributed by atoms with E-state index < -0.39 is 34.1 Å². The molecule has 0 saturated heterocycles. The molecule has 0 aliphatic heterocycles. The maximum absolute atomic E-state index is 12.3. The van der Waals surface area contributed by atoms with Crippen LogP contribution in [-0.2, 0) is 30.3 Å². The molecule has 0 fully saturated rings. The van der Waals surface area contributed by atoms with Gasteiger partial charge in [0.1, 0.15) is 0 Å². The van der Waals surface area contributed by atoms with E-state index in [4.69, 9.17) is 23.2 Å². The number of hydrogen-bond acceptors (Lipinski definition) is 5. The average Bonchev–Trinajstić information content (AvgIpc) is 2.38. The Labute approximate surface area is 134 Å². The van der Waals surface area contributed by atoms with Crippen molar-refractivity contribution in [2.45, 2.75) is 18.0 Å². The molecule has 0 heterocycles. The molecule has 1 atom stereocenters. The lowest BCUT2D eigenvalue weighted by Gasteiger charge is -2.17. The molecule has 0 N–H and O–H groups in total. The Morgan fingerprint density at radius 2 is 1.91 bits per heavy atom. The van der Waals surface area contributed by atoms with Crippen molar-refractivity contribution < 1.29 is 35.3 Å². The van der Waals surface area contributed by atoms with Gasteiger partial charge in [0.15, 0.2) is 6.10 Å². The molecule has 1 aromatic carbocycles. The van der Waals surface area contributed by atoms with Crippen molar-refractivity contribution in [1.82, 2.24) is 0 Å². The second kappa shape index (κ2) is 7.03. The topological polar surface area (TPSA) is 69.7 Å². The van der Waals surface area contributed by atoms with E-state index in [1.807, 2.05) is 0 Å². The Morgan fingerprint density at radius 1 is 1.32 bits per heavy atom. The first kappa shape index (κ1) is 19.0. The summed E-state index contributed by atoms with van der Waals surface area (Å²) < 4.78 is 67.1. The Hall–Kier alpha value is -1.03. The minimum atomic E-state index is -5.96. The van der Waals surface area contributed by atoms with Gasteiger partial charge in [-0.1, -0.05) is 29.3 Å². The minimum absolute atomic E-state index is 0.0365. The van der Waals surface area contributed by atoms with Crippen molar-refractivity contribution in [1.29, 1.82) is 0 Å². The number of benzene rings is 1. The highest BCUT2D eigenvalue weighted by Gasteiger charge is 2.49. The predicted molar refractivity (Wildman–Crippen MR) is 72.0 cm³/mol. The van der Waals surface area contributed by atoms with Crippen molar-refractivity contribution in [3.05, 3.63) is 33.8 Å². The highest BCUT2D eigenvalue weighted by molar-refractivity contribution is 7.87. The summed E-state index contributed by atoms with van der Waals surface area (Å²) in [5.41, 5.74) is -5.50. The van der Waals surface area contributed by atoms with Crippen molar-refractivity contribution in [3.63, 3.8) is 0 Å². The number of esters is 1. The summed E-state index contributed by atoms with van der Waals surface area (Å²) in [5, 5.41) is 0.293. The number of alkyl halides is 3. The van der Waals surface area contributed by atoms with Crippen molar-refractivity contribution in [2.24, 2.45) is 0 Å². The summed E-state index contributed by atoms with van der Waals surface area (Å²) in [5.74, 6) is -1.29. The third-order valence-corrected chi connectivity index (χ3v) is 4.05. The quantitative estimate of drug-likeness (QED) is 0.446. The summed E-state index contributed by atoms with van der Waals surface area (Å²) in [6.07, 6.45) is -2.58. The van der Waals surface area contributed by atoms with Crippen molar-refractivity contribution in [3.8, 4) is 0 Å². The van der Waals surface area contributed by atoms with Crippen LogP contribution in [0.25, 0.3) is 0 Å². The van der Waals surface area contributed by atoms with Crippen molar-refractivity contribution in [2.75, 3.05) is 7.11 Å². The van der Waals surface area contributed by atoms with Crippen LogP contribution >= 0.6 is 23.2 Å². The molecule has 0 amide bonds. The largest absolute Gasteiger partial charge is 0.523 e. The second-order valence-electron chi connectivity index (χ2n) is 3.95. The van der Waals surface area contributed by atoms with Gasteiger partial charge < -0.3 is 4.74 Å². The molecule has 1 rings (SSSR count). The van der Waals surface area contributed by atoms with E-state index in [-0.39, 0.29) is 15.6 Å². The number of hydrogen-bond donors (Lipinski definition) is 0. The van der Waals surface area contributed by atoms with E-state index in [9.17, 15) is 26.4 Å². The lowest BCUT2D eigenvalue weighted by Crippen LogP contribution is -2.36. The summed E-state index contributed by atoms with van der Waals surface area (Å²) in [6.45, 7) is 0. The van der Waals surface area contributed by atoms with E-state index in [1.165, 1.54) is 18.2 Å². The van der Waals surface area contributed by atoms with Crippen LogP contribution < -0.4 is 0 Å². The van der Waals surface area contributed by atoms with Crippen LogP contribution in [0.2, 0.25) is 10.0 Å². The molecule has 0 aliphatic rings. The number of ether oxygens (including phenoxy) is 1. The van der Waals surface area contributed by atoms with Crippen LogP contribution in [0.3, 0.4) is 0 Å². The fourth-order valence-electron chi connectivity index (χ4n) is 1.38. The number of methoxy groups -OCH3 is 1. The third kappa shape index (κ3) is 4.73. The first-order valence-electron chi connectivity index (χ1n) is 5.49. The molecule has 124 valence electrons. The number of halogens is 5. The van der Waals surface area contributed by atoms with Gasteiger partial charge in [0.25, 0.3) is 0 Å². The minimum Gasteiger partial charge on any atom is -0.467 e. The smallest absolute Gasteiger partial charge is 0.467 e. The van der Waals surface area contributed by atoms with Gasteiger partial charge in [-0.2, -0.15) is 21.6 Å². The van der Waals surface area contributed by atoms with E-state index >= 15 is 0 Å². The third-order valence-electron chi connectivity index (χ3n) is 2.41. The van der Waals surface area contributed by atoms with Crippen LogP contribution in [0.4, 0.5) is 13.2 Å². The molecule has 0 aliphatic carbocycles. The molecule has 1 aromatic rings. The van der Waals surface area contributed by atoms with Gasteiger partial charge in [0.2, 0.25) is 0 Å². The lowest BCUT2D eigenvalue weighted by molar-refractivity contribution is -0.149. The average molecular weight is 381 g/mol. The van der Waals surface area contributed by atoms with Crippen LogP contribution in [0.15, 0.2) is 18.2 Å². The predicted octanol–water partition coefficient (Wildman–Crippen LogP) is 2.94. The first-order chi connectivity index (χ1) is 9.98. The Morgan fingerprint density at radius 3 is 2.36 bits per heavy atom. The first-order valence-corrected chi connectivity index (χ1v) is 7.65. The maximum atomic E-state index is 12.3. The highest BCUT2D eigenvalue weighted by Crippen LogP contribution is 2.28. The van der Waals surface area contributed by atoms with Gasteiger partial charge in [-0.15, -0.1) is 0 Å². The van der Waals surface area contributed by atoms with Gasteiger partial charge >= 0.3 is 21.6 Å². The molecular formula is C11H9Cl2F3O5S. The SMILES string of the molecule is COC(=O)[C@H](Cc1ccc(Cl)cc1Cl)OS(=O)(=O)C(F)(F)F. The molecule has 5 nitrogen and oxygen atoms in total. The van der Waals surface area contributed by atoms with E-state index in [2.05, 4.69) is 8.92 Å². The zero-order valence-electron chi connectivity index (χ0n) is 10.9. The molecule has 0 radical (unpaired) electrons. The molecule has 11 heteroatoms. The molecule has 0 spiro atoms. The summed E-state index contributed by atoms with van der Waals surface area (Å²) in [6, 6.07) is 3.98. The second-order valence-corrected chi connectivity index (χ2v) is 6.35. The van der Waals surface area contributed by atoms with Gasteiger partial charge in [0, 0.05) is 16.5 Å². The van der Waals surface area contributed by atoms with Crippen LogP contribution in [0.5, 0.6) is 0 Å². The Kier molecular flexibility index (Phi) is 6.08. The van der Waals surface area contributed by atoms with E-state index in [0.29, 0.717) is 0 Å². The van der Waals surface area contributed by atoms with Gasteiger partial charge in [-0.05, 0) is 17.7 Å². The van der Waals surface area contributed by atoms with Crippen LogP contribution in [0, 0.1) is 0 Å². The maximum Gasteiger partial charge on any atom is 0.523 e. The monoisotopic (exact) mass is 380 g/mol. The highest BCUT2D eigenvalue weighted by atomic mass is 35.5. The zero-order valence-corrected chi connectivity index (χ0v) is 13.2. The molecule has 0 unspecified atom stereocenters. The molecule has 0 bridgehead atoms. The van der Waals surface area contributed by atoms with E-state index in [0.717, 1.165) is 7.11 Å². The van der Waals surface area contributed by atoms with Crippen molar-refractivity contribution >= 4 is 39.3 Å². The number of carbonyl (C=O) groups is 1. The van der Waals surface area contributed by atoms with Gasteiger partial charge in [0.05, 0.1) is 7.11 Å². The normalized spacial score (nSPS) is 13.7. The van der Waals surface area contributed by atoms with Crippen LogP contribution in [-0.4, -0.2) is 33.1 Å². The van der Waals surface area contributed by atoms with Crippen LogP contribution in [0.1, 0.15) is 5.56 Å². The fraction of sp³-hybridized carbons (Fsp3) is 0.364. The van der Waals surface area contributed by atoms with E-state index in [1.54, 1.807) is 0 Å². The lowest BCUT2D eigenvalue weighted by atomic mass is 10.1. The Balaban J connectivity index is 3.07. The zero-order chi connectivity index (χ0) is 17.1. The standard InChI is InChI=1S/C11H9Cl2F3O5S/c1-20-10(17)9(21-22(18,19)11(14,15)16)4-6-2-3-7(12)5-8(6)13/h2-3,5,9H,4H2,1H3/t9-/m0/s1. The molecule has 22 heavy (non-hydrogen) atoms. The summed E-state index contributed by atoms with van der Waals surface area (Å²) in [7, 11) is -5.09. The van der Waals surface area contributed by atoms with Gasteiger partial charge in [-0.3, -0.25) is 0 Å². The Bertz CT molecular complexity index is 660. The molecule has 0 aromatic heterocycles. The molecular weight excluding hydrogens is 372 g/mol. The van der Waals surface area contributed by atoms with Gasteiger partial charge in [-0.25, -0.2) is 8.98 Å².